The average molecular weight is 493 g/mol. The first kappa shape index (κ1) is 22.2. The number of sulfonamides is 1. The molecule has 2 aliphatic carbocycles. The lowest BCUT2D eigenvalue weighted by molar-refractivity contribution is 0.290. The minimum atomic E-state index is -4.10. The van der Waals surface area contributed by atoms with Gasteiger partial charge in [0.15, 0.2) is 5.75 Å². The second kappa shape index (κ2) is 8.00. The van der Waals surface area contributed by atoms with E-state index in [1.807, 2.05) is 26.0 Å². The first-order chi connectivity index (χ1) is 15.7. The van der Waals surface area contributed by atoms with Crippen LogP contribution in [0.1, 0.15) is 34.5 Å². The summed E-state index contributed by atoms with van der Waals surface area (Å²) in [6.07, 6.45) is 6.21. The molecule has 0 aliphatic heterocycles. The molecule has 0 bridgehead atoms. The fourth-order valence-electron chi connectivity index (χ4n) is 4.20. The number of nitrogens with zero attached hydrogens (tertiary/aromatic N) is 1. The third-order valence-electron chi connectivity index (χ3n) is 6.27. The average Bonchev–Trinajstić information content (AvgIpc) is 3.24. The Morgan fingerprint density at radius 2 is 1.88 bits per heavy atom. The van der Waals surface area contributed by atoms with Gasteiger partial charge < -0.3 is 15.7 Å². The Morgan fingerprint density at radius 3 is 2.55 bits per heavy atom. The molecule has 176 valence electrons. The number of phenolic OH excluding ortho intramolecular Hbond substituents is 1. The Hall–Kier alpha value is -2.62. The zero-order valence-corrected chi connectivity index (χ0v) is 20.3. The molecular weight excluding hydrogens is 466 g/mol. The molecule has 0 amide bonds. The third-order valence-corrected chi connectivity index (χ3v) is 8.59. The lowest BCUT2D eigenvalue weighted by Crippen LogP contribution is -2.45. The van der Waals surface area contributed by atoms with Gasteiger partial charge in [-0.3, -0.25) is 9.59 Å². The van der Waals surface area contributed by atoms with E-state index in [-0.39, 0.29) is 22.1 Å². The number of halogens is 1. The van der Waals surface area contributed by atoms with E-state index in [0.29, 0.717) is 0 Å². The zero-order valence-electron chi connectivity index (χ0n) is 19.7. The first-order valence-corrected chi connectivity index (χ1v) is 12.3. The second-order valence-electron chi connectivity index (χ2n) is 9.10. The number of phenols is 1. The van der Waals surface area contributed by atoms with E-state index < -0.39 is 43.0 Å². The number of nitrogens with one attached hydrogen (secondary N) is 2. The lowest BCUT2D eigenvalue weighted by Gasteiger charge is -2.41. The maximum atomic E-state index is 12.6. The van der Waals surface area contributed by atoms with E-state index >= 15 is 0 Å². The van der Waals surface area contributed by atoms with E-state index in [1.54, 1.807) is 0 Å². The van der Waals surface area contributed by atoms with Crippen LogP contribution in [-0.4, -0.2) is 37.9 Å². The molecular formula is C23H26ClN3O5S. The summed E-state index contributed by atoms with van der Waals surface area (Å²) in [5.41, 5.74) is -0.576. The SMILES string of the molecule is [2H]C1(Nc2c(Nc3ccc(Cl)c(S(=O)(=O)N(C)C)c3O)c(=O)c2=O)C2=C(CC=C2)CCC1(C)C. The molecule has 1 atom stereocenters. The topological polar surface area (TPSA) is 116 Å². The highest BCUT2D eigenvalue weighted by Gasteiger charge is 2.39. The van der Waals surface area contributed by atoms with Crippen LogP contribution in [0.15, 0.2) is 49.9 Å². The monoisotopic (exact) mass is 492 g/mol. The van der Waals surface area contributed by atoms with Crippen molar-refractivity contribution in [1.82, 2.24) is 4.31 Å². The van der Waals surface area contributed by atoms with Crippen LogP contribution < -0.4 is 21.5 Å². The molecule has 4 rings (SSSR count). The van der Waals surface area contributed by atoms with Gasteiger partial charge in [0.2, 0.25) is 10.0 Å². The Morgan fingerprint density at radius 1 is 1.21 bits per heavy atom. The van der Waals surface area contributed by atoms with Crippen molar-refractivity contribution < 1.29 is 14.9 Å². The van der Waals surface area contributed by atoms with Gasteiger partial charge in [-0.2, -0.15) is 0 Å². The summed E-state index contributed by atoms with van der Waals surface area (Å²) >= 11 is 6.05. The van der Waals surface area contributed by atoms with Crippen molar-refractivity contribution in [2.75, 3.05) is 24.7 Å². The zero-order chi connectivity index (χ0) is 25.2. The van der Waals surface area contributed by atoms with E-state index in [0.717, 1.165) is 34.7 Å². The van der Waals surface area contributed by atoms with Gasteiger partial charge in [-0.05, 0) is 42.4 Å². The molecule has 2 aromatic carbocycles. The molecule has 2 aliphatic rings. The van der Waals surface area contributed by atoms with Crippen LogP contribution in [0.3, 0.4) is 0 Å². The standard InChI is InChI=1S/C23H26ClN3O5S/c1-23(2)11-10-12-6-5-7-13(12)22(23)26-17-16(19(29)20(17)30)25-15-9-8-14(24)21(18(15)28)33(31,32)27(3)4/h5,7-9,22,25-26,28H,6,10-11H2,1-4H3/i22D. The van der Waals surface area contributed by atoms with Crippen LogP contribution in [0.2, 0.25) is 5.02 Å². The van der Waals surface area contributed by atoms with Crippen LogP contribution in [-0.2, 0) is 10.0 Å². The maximum Gasteiger partial charge on any atom is 0.253 e. The van der Waals surface area contributed by atoms with Crippen LogP contribution in [0.4, 0.5) is 17.1 Å². The summed E-state index contributed by atoms with van der Waals surface area (Å²) in [7, 11) is -1.51. The molecule has 0 saturated carbocycles. The molecule has 33 heavy (non-hydrogen) atoms. The van der Waals surface area contributed by atoms with Gasteiger partial charge in [-0.25, -0.2) is 12.7 Å². The third kappa shape index (κ3) is 3.78. The molecule has 0 saturated heterocycles. The van der Waals surface area contributed by atoms with Gasteiger partial charge in [-0.15, -0.1) is 0 Å². The largest absolute Gasteiger partial charge is 0.504 e. The van der Waals surface area contributed by atoms with Crippen molar-refractivity contribution >= 4 is 38.7 Å². The van der Waals surface area contributed by atoms with Crippen molar-refractivity contribution in [2.45, 2.75) is 44.0 Å². The van der Waals surface area contributed by atoms with E-state index in [4.69, 9.17) is 11.6 Å². The lowest BCUT2D eigenvalue weighted by atomic mass is 9.70. The van der Waals surface area contributed by atoms with Crippen molar-refractivity contribution in [3.8, 4) is 5.75 Å². The summed E-state index contributed by atoms with van der Waals surface area (Å²) in [5, 5.41) is 16.2. The highest BCUT2D eigenvalue weighted by molar-refractivity contribution is 7.89. The predicted molar refractivity (Wildman–Crippen MR) is 130 cm³/mol. The van der Waals surface area contributed by atoms with Crippen molar-refractivity contribution in [1.29, 1.82) is 0 Å². The fraction of sp³-hybridized carbons (Fsp3) is 0.391. The van der Waals surface area contributed by atoms with E-state index in [1.165, 1.54) is 26.2 Å². The second-order valence-corrected chi connectivity index (χ2v) is 11.6. The van der Waals surface area contributed by atoms with Crippen molar-refractivity contribution in [2.24, 2.45) is 5.41 Å². The van der Waals surface area contributed by atoms with E-state index in [9.17, 15) is 24.5 Å². The number of rotatable bonds is 6. The smallest absolute Gasteiger partial charge is 0.253 e. The number of hydrogen-bond donors (Lipinski definition) is 3. The summed E-state index contributed by atoms with van der Waals surface area (Å²) in [6, 6.07) is 1.23. The summed E-state index contributed by atoms with van der Waals surface area (Å²) in [6.45, 7) is 3.87. The van der Waals surface area contributed by atoms with Crippen LogP contribution in [0.25, 0.3) is 0 Å². The van der Waals surface area contributed by atoms with Gasteiger partial charge in [0.25, 0.3) is 10.9 Å². The summed E-state index contributed by atoms with van der Waals surface area (Å²) in [4.78, 5) is 24.5. The molecule has 10 heteroatoms. The molecule has 0 heterocycles. The predicted octanol–water partition coefficient (Wildman–Crippen LogP) is 3.49. The number of allylic oxidation sites excluding steroid dienone is 2. The maximum absolute atomic E-state index is 12.6. The highest BCUT2D eigenvalue weighted by atomic mass is 35.5. The fourth-order valence-corrected chi connectivity index (χ4v) is 5.68. The van der Waals surface area contributed by atoms with Crippen LogP contribution in [0.5, 0.6) is 5.75 Å². The molecule has 0 fully saturated rings. The molecule has 0 aromatic heterocycles. The van der Waals surface area contributed by atoms with Gasteiger partial charge >= 0.3 is 0 Å². The summed E-state index contributed by atoms with van der Waals surface area (Å²) < 4.78 is 35.4. The number of aromatic hydroxyl groups is 1. The Bertz CT molecular complexity index is 1440. The van der Waals surface area contributed by atoms with E-state index in [2.05, 4.69) is 10.6 Å². The van der Waals surface area contributed by atoms with Gasteiger partial charge in [0.1, 0.15) is 16.3 Å². The molecule has 0 spiro atoms. The van der Waals surface area contributed by atoms with Crippen molar-refractivity contribution in [3.05, 3.63) is 60.9 Å². The van der Waals surface area contributed by atoms with Crippen LogP contribution >= 0.6 is 11.6 Å². The van der Waals surface area contributed by atoms with Gasteiger partial charge in [-0.1, -0.05) is 43.2 Å². The Kier molecular flexibility index (Phi) is 5.38. The normalized spacial score (nSPS) is 22.5. The number of benzene rings is 1. The van der Waals surface area contributed by atoms with Crippen LogP contribution in [0, 0.1) is 5.41 Å². The summed E-state index contributed by atoms with van der Waals surface area (Å²) in [5.74, 6) is -0.678. The Labute approximate surface area is 198 Å². The number of anilines is 3. The number of hydrogen-bond acceptors (Lipinski definition) is 7. The molecule has 3 N–H and O–H groups in total. The quantitative estimate of drug-likeness (QED) is 0.417. The molecule has 2 aromatic rings. The highest BCUT2D eigenvalue weighted by Crippen LogP contribution is 2.45. The van der Waals surface area contributed by atoms with Crippen molar-refractivity contribution in [3.63, 3.8) is 0 Å². The first-order valence-electron chi connectivity index (χ1n) is 10.9. The molecule has 0 radical (unpaired) electrons. The Balaban J connectivity index is 1.76. The minimum absolute atomic E-state index is 0.0755. The van der Waals surface area contributed by atoms with Gasteiger partial charge in [0, 0.05) is 14.1 Å². The molecule has 1 unspecified atom stereocenters. The van der Waals surface area contributed by atoms with Gasteiger partial charge in [0.05, 0.1) is 18.1 Å². The molecule has 8 nitrogen and oxygen atoms in total. The minimum Gasteiger partial charge on any atom is -0.504 e.